The normalized spacial score (nSPS) is 11.2. The molecule has 0 aromatic heterocycles. The zero-order valence-electron chi connectivity index (χ0n) is 11.8. The van der Waals surface area contributed by atoms with E-state index < -0.39 is 5.54 Å². The second-order valence-corrected chi connectivity index (χ2v) is 5.43. The van der Waals surface area contributed by atoms with Crippen molar-refractivity contribution in [1.29, 1.82) is 0 Å². The number of hydrogen-bond donors (Lipinski definition) is 2. The largest absolute Gasteiger partial charge is 0.385 e. The van der Waals surface area contributed by atoms with E-state index in [1.807, 2.05) is 26.8 Å². The Labute approximate surface area is 119 Å². The number of ether oxygens (including phenoxy) is 1. The maximum absolute atomic E-state index is 12.3. The zero-order valence-corrected chi connectivity index (χ0v) is 12.6. The number of nitrogens with one attached hydrogen (secondary N) is 2. The lowest BCUT2D eigenvalue weighted by molar-refractivity contribution is 0.0820. The van der Waals surface area contributed by atoms with Crippen LogP contribution in [-0.4, -0.2) is 31.7 Å². The smallest absolute Gasteiger partial charge is 0.253 e. The second kappa shape index (κ2) is 6.78. The third-order valence-corrected chi connectivity index (χ3v) is 2.79. The molecular weight excluding hydrogens is 264 g/mol. The van der Waals surface area contributed by atoms with Gasteiger partial charge in [0.25, 0.3) is 5.91 Å². The second-order valence-electron chi connectivity index (χ2n) is 4.99. The Bertz CT molecular complexity index is 447. The number of methoxy groups -OCH3 is 1. The van der Waals surface area contributed by atoms with Gasteiger partial charge in [-0.05, 0) is 39.0 Å². The summed E-state index contributed by atoms with van der Waals surface area (Å²) in [6.45, 7) is 6.97. The summed E-state index contributed by atoms with van der Waals surface area (Å²) in [6.07, 6.45) is 0. The van der Waals surface area contributed by atoms with Crippen LogP contribution in [0.3, 0.4) is 0 Å². The fraction of sp³-hybridized carbons (Fsp3) is 0.500. The lowest BCUT2D eigenvalue weighted by Crippen LogP contribution is -2.46. The van der Waals surface area contributed by atoms with Crippen molar-refractivity contribution in [2.24, 2.45) is 0 Å². The minimum absolute atomic E-state index is 0.166. The topological polar surface area (TPSA) is 50.4 Å². The van der Waals surface area contributed by atoms with Gasteiger partial charge in [-0.25, -0.2) is 0 Å². The van der Waals surface area contributed by atoms with Crippen LogP contribution in [0.15, 0.2) is 18.2 Å². The molecule has 0 aliphatic heterocycles. The molecule has 0 aliphatic carbocycles. The van der Waals surface area contributed by atoms with Crippen LogP contribution in [0, 0.1) is 0 Å². The van der Waals surface area contributed by atoms with Crippen molar-refractivity contribution in [2.45, 2.75) is 26.3 Å². The lowest BCUT2D eigenvalue weighted by Gasteiger charge is -2.26. The molecule has 0 atom stereocenters. The Morgan fingerprint density at radius 2 is 2.11 bits per heavy atom. The first-order chi connectivity index (χ1) is 8.89. The van der Waals surface area contributed by atoms with Gasteiger partial charge in [0.1, 0.15) is 0 Å². The summed E-state index contributed by atoms with van der Waals surface area (Å²) in [4.78, 5) is 12.3. The Hall–Kier alpha value is -1.26. The van der Waals surface area contributed by atoms with E-state index in [0.717, 1.165) is 12.2 Å². The van der Waals surface area contributed by atoms with E-state index in [1.165, 1.54) is 0 Å². The van der Waals surface area contributed by atoms with Crippen LogP contribution in [0.25, 0.3) is 0 Å². The van der Waals surface area contributed by atoms with Crippen molar-refractivity contribution in [2.75, 3.05) is 25.6 Å². The third-order valence-electron chi connectivity index (χ3n) is 2.55. The number of amides is 1. The number of carbonyl (C=O) groups excluding carboxylic acids is 1. The van der Waals surface area contributed by atoms with Crippen molar-refractivity contribution in [1.82, 2.24) is 5.32 Å². The fourth-order valence-electron chi connectivity index (χ4n) is 1.82. The third kappa shape index (κ3) is 4.73. The Morgan fingerprint density at radius 3 is 2.68 bits per heavy atom. The van der Waals surface area contributed by atoms with E-state index in [2.05, 4.69) is 10.6 Å². The minimum atomic E-state index is -0.433. The van der Waals surface area contributed by atoms with Crippen molar-refractivity contribution in [3.8, 4) is 0 Å². The quantitative estimate of drug-likeness (QED) is 0.844. The standard InChI is InChI=1S/C14H21ClN2O2/c1-5-16-12-7-6-10(15)8-11(12)13(18)17-14(2,3)9-19-4/h6-8,16H,5,9H2,1-4H3,(H,17,18). The number of carbonyl (C=O) groups is 1. The maximum atomic E-state index is 12.3. The van der Waals surface area contributed by atoms with Gasteiger partial charge < -0.3 is 15.4 Å². The predicted molar refractivity (Wildman–Crippen MR) is 79.0 cm³/mol. The lowest BCUT2D eigenvalue weighted by atomic mass is 10.1. The molecule has 0 saturated carbocycles. The van der Waals surface area contributed by atoms with Gasteiger partial charge in [0.15, 0.2) is 0 Å². The molecule has 2 N–H and O–H groups in total. The van der Waals surface area contributed by atoms with Gasteiger partial charge in [0.05, 0.1) is 17.7 Å². The Kier molecular flexibility index (Phi) is 5.63. The van der Waals surface area contributed by atoms with Crippen LogP contribution in [0.2, 0.25) is 5.02 Å². The van der Waals surface area contributed by atoms with Crippen LogP contribution in [0.1, 0.15) is 31.1 Å². The number of halogens is 1. The van der Waals surface area contributed by atoms with Gasteiger partial charge in [-0.15, -0.1) is 0 Å². The van der Waals surface area contributed by atoms with Crippen LogP contribution < -0.4 is 10.6 Å². The summed E-state index contributed by atoms with van der Waals surface area (Å²) in [5.74, 6) is -0.166. The summed E-state index contributed by atoms with van der Waals surface area (Å²) in [6, 6.07) is 5.23. The highest BCUT2D eigenvalue weighted by Crippen LogP contribution is 2.21. The van der Waals surface area contributed by atoms with Crippen LogP contribution in [0.4, 0.5) is 5.69 Å². The molecule has 0 fully saturated rings. The number of rotatable bonds is 6. The monoisotopic (exact) mass is 284 g/mol. The molecule has 0 spiro atoms. The van der Waals surface area contributed by atoms with E-state index >= 15 is 0 Å². The average molecular weight is 285 g/mol. The molecule has 0 saturated heterocycles. The first kappa shape index (κ1) is 15.8. The van der Waals surface area contributed by atoms with Gasteiger partial charge in [-0.1, -0.05) is 11.6 Å². The molecule has 106 valence electrons. The van der Waals surface area contributed by atoms with Crippen LogP contribution >= 0.6 is 11.6 Å². The molecule has 19 heavy (non-hydrogen) atoms. The fourth-order valence-corrected chi connectivity index (χ4v) is 1.99. The molecule has 0 heterocycles. The van der Waals surface area contributed by atoms with Gasteiger partial charge in [0.2, 0.25) is 0 Å². The first-order valence-electron chi connectivity index (χ1n) is 6.24. The highest BCUT2D eigenvalue weighted by molar-refractivity contribution is 6.31. The maximum Gasteiger partial charge on any atom is 0.253 e. The van der Waals surface area contributed by atoms with Gasteiger partial charge >= 0.3 is 0 Å². The molecule has 0 aliphatic rings. The summed E-state index contributed by atoms with van der Waals surface area (Å²) >= 11 is 5.96. The van der Waals surface area contributed by atoms with Gasteiger partial charge in [-0.2, -0.15) is 0 Å². The summed E-state index contributed by atoms with van der Waals surface area (Å²) in [5, 5.41) is 6.63. The van der Waals surface area contributed by atoms with Crippen molar-refractivity contribution in [3.63, 3.8) is 0 Å². The van der Waals surface area contributed by atoms with E-state index in [1.54, 1.807) is 19.2 Å². The van der Waals surface area contributed by atoms with Crippen LogP contribution in [0.5, 0.6) is 0 Å². The zero-order chi connectivity index (χ0) is 14.5. The molecular formula is C14H21ClN2O2. The molecule has 5 heteroatoms. The molecule has 1 amide bonds. The van der Waals surface area contributed by atoms with Crippen LogP contribution in [-0.2, 0) is 4.74 Å². The van der Waals surface area contributed by atoms with Crippen molar-refractivity contribution < 1.29 is 9.53 Å². The van der Waals surface area contributed by atoms with Crippen molar-refractivity contribution in [3.05, 3.63) is 28.8 Å². The molecule has 0 radical (unpaired) electrons. The Morgan fingerprint density at radius 1 is 1.42 bits per heavy atom. The molecule has 1 rings (SSSR count). The molecule has 4 nitrogen and oxygen atoms in total. The summed E-state index contributed by atoms with van der Waals surface area (Å²) in [7, 11) is 1.61. The molecule has 1 aromatic carbocycles. The van der Waals surface area contributed by atoms with Gasteiger partial charge in [-0.3, -0.25) is 4.79 Å². The summed E-state index contributed by atoms with van der Waals surface area (Å²) in [5.41, 5.74) is 0.883. The SMILES string of the molecule is CCNc1ccc(Cl)cc1C(=O)NC(C)(C)COC. The first-order valence-corrected chi connectivity index (χ1v) is 6.62. The minimum Gasteiger partial charge on any atom is -0.385 e. The average Bonchev–Trinajstić information content (AvgIpc) is 2.30. The van der Waals surface area contributed by atoms with Crippen molar-refractivity contribution >= 4 is 23.2 Å². The van der Waals surface area contributed by atoms with Gasteiger partial charge in [0, 0.05) is 24.4 Å². The Balaban J connectivity index is 2.95. The molecule has 0 bridgehead atoms. The molecule has 0 unspecified atom stereocenters. The number of anilines is 1. The molecule has 1 aromatic rings. The predicted octanol–water partition coefficient (Wildman–Crippen LogP) is 2.93. The van der Waals surface area contributed by atoms with E-state index in [0.29, 0.717) is 17.2 Å². The highest BCUT2D eigenvalue weighted by Gasteiger charge is 2.22. The number of hydrogen-bond acceptors (Lipinski definition) is 3. The highest BCUT2D eigenvalue weighted by atomic mass is 35.5. The van der Waals surface area contributed by atoms with E-state index in [-0.39, 0.29) is 5.91 Å². The number of benzene rings is 1. The van der Waals surface area contributed by atoms with E-state index in [9.17, 15) is 4.79 Å². The summed E-state index contributed by atoms with van der Waals surface area (Å²) < 4.78 is 5.09. The van der Waals surface area contributed by atoms with E-state index in [4.69, 9.17) is 16.3 Å².